The highest BCUT2D eigenvalue weighted by Crippen LogP contribution is 2.31. The van der Waals surface area contributed by atoms with E-state index in [1.807, 2.05) is 31.2 Å². The van der Waals surface area contributed by atoms with E-state index in [1.54, 1.807) is 22.8 Å². The maximum absolute atomic E-state index is 12.7. The molecule has 2 aromatic carbocycles. The number of amides is 1. The number of hydrogen-bond acceptors (Lipinski definition) is 4. The van der Waals surface area contributed by atoms with E-state index in [4.69, 9.17) is 28.6 Å². The lowest BCUT2D eigenvalue weighted by Crippen LogP contribution is -2.19. The van der Waals surface area contributed by atoms with Crippen LogP contribution in [0.4, 0.5) is 5.69 Å². The second kappa shape index (κ2) is 9.02. The first-order chi connectivity index (χ1) is 14.5. The highest BCUT2D eigenvalue weighted by atomic mass is 35.5. The molecule has 156 valence electrons. The van der Waals surface area contributed by atoms with Crippen LogP contribution in [0.2, 0.25) is 5.02 Å². The lowest BCUT2D eigenvalue weighted by atomic mass is 10.1. The molecule has 6 nitrogen and oxygen atoms in total. The molecule has 0 saturated heterocycles. The van der Waals surface area contributed by atoms with Crippen LogP contribution in [-0.2, 0) is 11.3 Å². The van der Waals surface area contributed by atoms with Crippen LogP contribution in [0.15, 0.2) is 42.5 Å². The monoisotopic (exact) mass is 442 g/mol. The van der Waals surface area contributed by atoms with Crippen LogP contribution in [0.25, 0.3) is 11.4 Å². The number of aromatic amines is 1. The number of halogens is 1. The number of benzene rings is 2. The molecule has 1 fully saturated rings. The van der Waals surface area contributed by atoms with Crippen molar-refractivity contribution in [3.63, 3.8) is 0 Å². The number of aryl methyl sites for hydroxylation is 1. The molecule has 0 atom stereocenters. The van der Waals surface area contributed by atoms with Crippen LogP contribution < -0.4 is 10.1 Å². The Labute approximate surface area is 185 Å². The number of anilines is 1. The second-order valence-electron chi connectivity index (χ2n) is 7.53. The number of H-pyrrole nitrogens is 1. The maximum atomic E-state index is 12.7. The minimum absolute atomic E-state index is 0.0382. The molecule has 1 aromatic heterocycles. The zero-order valence-electron chi connectivity index (χ0n) is 16.7. The standard InChI is InChI=1S/C22H23ClN4O2S/c1-14-5-4-6-15(11-14)21-25-26-22(30)27(21)13-20(28)24-16-9-10-19(18(23)12-16)29-17-7-2-3-8-17/h4-6,9-12,17H,2-3,7-8,13H2,1H3,(H,24,28)(H,26,30). The van der Waals surface area contributed by atoms with E-state index in [0.29, 0.717) is 27.1 Å². The summed E-state index contributed by atoms with van der Waals surface area (Å²) in [6, 6.07) is 13.2. The van der Waals surface area contributed by atoms with Gasteiger partial charge in [0.05, 0.1) is 11.1 Å². The highest BCUT2D eigenvalue weighted by Gasteiger charge is 2.18. The van der Waals surface area contributed by atoms with Crippen LogP contribution in [-0.4, -0.2) is 26.8 Å². The third-order valence-corrected chi connectivity index (χ3v) is 5.75. The first kappa shape index (κ1) is 20.6. The normalized spacial score (nSPS) is 14.1. The first-order valence-electron chi connectivity index (χ1n) is 9.98. The molecule has 1 aliphatic carbocycles. The van der Waals surface area contributed by atoms with Gasteiger partial charge in [0, 0.05) is 11.3 Å². The fourth-order valence-electron chi connectivity index (χ4n) is 3.67. The van der Waals surface area contributed by atoms with Crippen molar-refractivity contribution in [2.45, 2.75) is 45.3 Å². The summed E-state index contributed by atoms with van der Waals surface area (Å²) in [6.07, 6.45) is 4.73. The number of rotatable bonds is 6. The van der Waals surface area contributed by atoms with E-state index in [-0.39, 0.29) is 18.6 Å². The summed E-state index contributed by atoms with van der Waals surface area (Å²) in [5.74, 6) is 1.06. The molecule has 4 rings (SSSR count). The summed E-state index contributed by atoms with van der Waals surface area (Å²) < 4.78 is 8.03. The Hall–Kier alpha value is -2.64. The average Bonchev–Trinajstić information content (AvgIpc) is 3.34. The summed E-state index contributed by atoms with van der Waals surface area (Å²) in [5, 5.41) is 10.4. The summed E-state index contributed by atoms with van der Waals surface area (Å²) >= 11 is 11.7. The van der Waals surface area contributed by atoms with Crippen LogP contribution in [0, 0.1) is 11.7 Å². The van der Waals surface area contributed by atoms with Gasteiger partial charge in [-0.05, 0) is 69.1 Å². The van der Waals surface area contributed by atoms with E-state index < -0.39 is 0 Å². The van der Waals surface area contributed by atoms with Gasteiger partial charge in [0.15, 0.2) is 10.6 Å². The minimum atomic E-state index is -0.220. The fraction of sp³-hybridized carbons (Fsp3) is 0.318. The number of hydrogen-bond donors (Lipinski definition) is 2. The van der Waals surface area contributed by atoms with E-state index in [2.05, 4.69) is 15.5 Å². The topological polar surface area (TPSA) is 71.9 Å². The Morgan fingerprint density at radius 1 is 1.30 bits per heavy atom. The van der Waals surface area contributed by atoms with E-state index >= 15 is 0 Å². The van der Waals surface area contributed by atoms with Crippen molar-refractivity contribution in [3.8, 4) is 17.1 Å². The van der Waals surface area contributed by atoms with Crippen LogP contribution in [0.3, 0.4) is 0 Å². The predicted octanol–water partition coefficient (Wildman–Crippen LogP) is 5.53. The molecule has 3 aromatic rings. The Kier molecular flexibility index (Phi) is 6.20. The largest absolute Gasteiger partial charge is 0.489 e. The third kappa shape index (κ3) is 4.74. The van der Waals surface area contributed by atoms with E-state index in [1.165, 1.54) is 12.8 Å². The predicted molar refractivity (Wildman–Crippen MR) is 121 cm³/mol. The third-order valence-electron chi connectivity index (χ3n) is 5.15. The van der Waals surface area contributed by atoms with Gasteiger partial charge in [0.2, 0.25) is 5.91 Å². The number of nitrogens with one attached hydrogen (secondary N) is 2. The molecular formula is C22H23ClN4O2S. The van der Waals surface area contributed by atoms with Gasteiger partial charge >= 0.3 is 0 Å². The molecule has 1 heterocycles. The zero-order chi connectivity index (χ0) is 21.1. The summed E-state index contributed by atoms with van der Waals surface area (Å²) in [7, 11) is 0. The van der Waals surface area contributed by atoms with E-state index in [9.17, 15) is 4.79 Å². The van der Waals surface area contributed by atoms with Gasteiger partial charge in [0.1, 0.15) is 12.3 Å². The molecule has 1 saturated carbocycles. The Bertz CT molecular complexity index is 1120. The fourth-order valence-corrected chi connectivity index (χ4v) is 4.09. The van der Waals surface area contributed by atoms with Crippen molar-refractivity contribution in [1.29, 1.82) is 0 Å². The molecule has 0 aliphatic heterocycles. The second-order valence-corrected chi connectivity index (χ2v) is 8.32. The maximum Gasteiger partial charge on any atom is 0.244 e. The van der Waals surface area contributed by atoms with Crippen molar-refractivity contribution in [3.05, 3.63) is 57.8 Å². The average molecular weight is 443 g/mol. The number of nitrogens with zero attached hydrogens (tertiary/aromatic N) is 2. The van der Waals surface area contributed by atoms with Crippen molar-refractivity contribution < 1.29 is 9.53 Å². The molecule has 0 bridgehead atoms. The molecule has 2 N–H and O–H groups in total. The highest BCUT2D eigenvalue weighted by molar-refractivity contribution is 7.71. The van der Waals surface area contributed by atoms with E-state index in [0.717, 1.165) is 24.0 Å². The molecule has 1 amide bonds. The molecule has 8 heteroatoms. The molecule has 0 unspecified atom stereocenters. The van der Waals surface area contributed by atoms with Crippen molar-refractivity contribution >= 4 is 35.4 Å². The summed E-state index contributed by atoms with van der Waals surface area (Å²) in [6.45, 7) is 2.04. The quantitative estimate of drug-likeness (QED) is 0.492. The van der Waals surface area contributed by atoms with Gasteiger partial charge in [-0.2, -0.15) is 5.10 Å². The van der Waals surface area contributed by atoms with Crippen LogP contribution in [0.5, 0.6) is 5.75 Å². The lowest BCUT2D eigenvalue weighted by Gasteiger charge is -2.15. The van der Waals surface area contributed by atoms with Crippen LogP contribution >= 0.6 is 23.8 Å². The van der Waals surface area contributed by atoms with Crippen molar-refractivity contribution in [2.24, 2.45) is 0 Å². The van der Waals surface area contributed by atoms with Gasteiger partial charge in [-0.3, -0.25) is 14.5 Å². The number of carbonyl (C=O) groups is 1. The van der Waals surface area contributed by atoms with Gasteiger partial charge in [-0.25, -0.2) is 0 Å². The summed E-state index contributed by atoms with van der Waals surface area (Å²) in [5.41, 5.74) is 2.61. The zero-order valence-corrected chi connectivity index (χ0v) is 18.2. The smallest absolute Gasteiger partial charge is 0.244 e. The van der Waals surface area contributed by atoms with Crippen molar-refractivity contribution in [2.75, 3.05) is 5.32 Å². The Balaban J connectivity index is 1.46. The minimum Gasteiger partial charge on any atom is -0.489 e. The Morgan fingerprint density at radius 3 is 2.83 bits per heavy atom. The van der Waals surface area contributed by atoms with Gasteiger partial charge < -0.3 is 10.1 Å². The molecule has 0 spiro atoms. The number of carbonyl (C=O) groups excluding carboxylic acids is 1. The number of ether oxygens (including phenoxy) is 1. The first-order valence-corrected chi connectivity index (χ1v) is 10.8. The van der Waals surface area contributed by atoms with Crippen molar-refractivity contribution in [1.82, 2.24) is 14.8 Å². The Morgan fingerprint density at radius 2 is 2.10 bits per heavy atom. The molecule has 30 heavy (non-hydrogen) atoms. The van der Waals surface area contributed by atoms with Crippen LogP contribution in [0.1, 0.15) is 31.2 Å². The SMILES string of the molecule is Cc1cccc(-c2n[nH]c(=S)n2CC(=O)Nc2ccc(OC3CCCC3)c(Cl)c2)c1. The van der Waals surface area contributed by atoms with Gasteiger partial charge in [0.25, 0.3) is 0 Å². The summed E-state index contributed by atoms with van der Waals surface area (Å²) in [4.78, 5) is 12.7. The van der Waals surface area contributed by atoms with Gasteiger partial charge in [-0.1, -0.05) is 35.4 Å². The lowest BCUT2D eigenvalue weighted by molar-refractivity contribution is -0.116. The molecule has 0 radical (unpaired) electrons. The number of aromatic nitrogens is 3. The van der Waals surface area contributed by atoms with Gasteiger partial charge in [-0.15, -0.1) is 0 Å². The molecular weight excluding hydrogens is 420 g/mol. The molecule has 1 aliphatic rings.